The number of amides is 2. The Morgan fingerprint density at radius 3 is 2.35 bits per heavy atom. The molecule has 0 aliphatic heterocycles. The molecule has 0 saturated heterocycles. The van der Waals surface area contributed by atoms with Crippen LogP contribution in [0.5, 0.6) is 0 Å². The topological polar surface area (TPSA) is 58.2 Å². The van der Waals surface area contributed by atoms with Crippen LogP contribution < -0.4 is 10.6 Å². The molecule has 2 N–H and O–H groups in total. The summed E-state index contributed by atoms with van der Waals surface area (Å²) in [6.45, 7) is 2.27. The normalized spacial score (nSPS) is 15.7. The van der Waals surface area contributed by atoms with Crippen molar-refractivity contribution in [2.75, 3.05) is 11.9 Å². The lowest BCUT2D eigenvalue weighted by molar-refractivity contribution is 0.101. The second-order valence-corrected chi connectivity index (χ2v) is 5.47. The summed E-state index contributed by atoms with van der Waals surface area (Å²) < 4.78 is 0. The van der Waals surface area contributed by atoms with Crippen LogP contribution in [0.4, 0.5) is 10.5 Å². The lowest BCUT2D eigenvalue weighted by atomic mass is 9.89. The molecule has 4 nitrogen and oxygen atoms in total. The predicted molar refractivity (Wildman–Crippen MR) is 80.0 cm³/mol. The van der Waals surface area contributed by atoms with Crippen molar-refractivity contribution in [3.63, 3.8) is 0 Å². The second-order valence-electron chi connectivity index (χ2n) is 5.47. The zero-order valence-electron chi connectivity index (χ0n) is 11.9. The minimum absolute atomic E-state index is 0.0262. The number of Topliss-reactive ketones (excluding diaryl/α,β-unsaturated/α-hetero) is 1. The number of carbonyl (C=O) groups is 2. The molecule has 0 spiro atoms. The third kappa shape index (κ3) is 4.37. The number of benzene rings is 1. The maximum absolute atomic E-state index is 11.8. The van der Waals surface area contributed by atoms with E-state index in [4.69, 9.17) is 0 Å². The minimum atomic E-state index is -0.175. The molecule has 1 aliphatic carbocycles. The first-order valence-corrected chi connectivity index (χ1v) is 7.31. The van der Waals surface area contributed by atoms with Gasteiger partial charge in [0.15, 0.2) is 5.78 Å². The Hall–Kier alpha value is -1.84. The highest BCUT2D eigenvalue weighted by Gasteiger charge is 2.14. The molecule has 2 rings (SSSR count). The van der Waals surface area contributed by atoms with Crippen LogP contribution in [0.2, 0.25) is 0 Å². The van der Waals surface area contributed by atoms with Gasteiger partial charge in [0.05, 0.1) is 0 Å². The van der Waals surface area contributed by atoms with Gasteiger partial charge in [0.25, 0.3) is 0 Å². The van der Waals surface area contributed by atoms with Crippen molar-refractivity contribution in [3.8, 4) is 0 Å². The first kappa shape index (κ1) is 14.6. The molecule has 4 heteroatoms. The molecule has 108 valence electrons. The fourth-order valence-corrected chi connectivity index (χ4v) is 2.59. The molecule has 1 fully saturated rings. The number of hydrogen-bond acceptors (Lipinski definition) is 2. The van der Waals surface area contributed by atoms with Crippen molar-refractivity contribution in [1.82, 2.24) is 5.32 Å². The molecular formula is C16H22N2O2. The molecule has 0 unspecified atom stereocenters. The molecule has 20 heavy (non-hydrogen) atoms. The lowest BCUT2D eigenvalue weighted by Gasteiger charge is -2.21. The Morgan fingerprint density at radius 2 is 1.75 bits per heavy atom. The van der Waals surface area contributed by atoms with Gasteiger partial charge >= 0.3 is 6.03 Å². The summed E-state index contributed by atoms with van der Waals surface area (Å²) in [7, 11) is 0. The van der Waals surface area contributed by atoms with E-state index in [0.29, 0.717) is 17.2 Å². The largest absolute Gasteiger partial charge is 0.338 e. The summed E-state index contributed by atoms with van der Waals surface area (Å²) in [6.07, 6.45) is 6.31. The predicted octanol–water partition coefficient (Wildman–Crippen LogP) is 3.59. The van der Waals surface area contributed by atoms with Gasteiger partial charge in [-0.25, -0.2) is 4.79 Å². The zero-order valence-corrected chi connectivity index (χ0v) is 11.9. The summed E-state index contributed by atoms with van der Waals surface area (Å²) in [5, 5.41) is 5.71. The number of ketones is 1. The summed E-state index contributed by atoms with van der Waals surface area (Å²) in [5.74, 6) is 0.646. The lowest BCUT2D eigenvalue weighted by Crippen LogP contribution is -2.33. The van der Waals surface area contributed by atoms with Gasteiger partial charge in [0, 0.05) is 17.8 Å². The number of carbonyl (C=O) groups excluding carboxylic acids is 2. The molecule has 1 aromatic rings. The number of nitrogens with one attached hydrogen (secondary N) is 2. The summed E-state index contributed by atoms with van der Waals surface area (Å²) >= 11 is 0. The van der Waals surface area contributed by atoms with Gasteiger partial charge in [0.1, 0.15) is 0 Å². The van der Waals surface area contributed by atoms with Crippen molar-refractivity contribution in [1.29, 1.82) is 0 Å². The Morgan fingerprint density at radius 1 is 1.10 bits per heavy atom. The molecule has 0 atom stereocenters. The molecule has 0 bridgehead atoms. The first-order chi connectivity index (χ1) is 9.65. The van der Waals surface area contributed by atoms with Crippen molar-refractivity contribution in [3.05, 3.63) is 29.8 Å². The molecule has 1 saturated carbocycles. The number of hydrogen-bond donors (Lipinski definition) is 2. The summed E-state index contributed by atoms with van der Waals surface area (Å²) in [6, 6.07) is 6.76. The minimum Gasteiger partial charge on any atom is -0.338 e. The van der Waals surface area contributed by atoms with Crippen molar-refractivity contribution in [2.24, 2.45) is 5.92 Å². The van der Waals surface area contributed by atoms with E-state index in [1.807, 2.05) is 0 Å². The van der Waals surface area contributed by atoms with E-state index >= 15 is 0 Å². The van der Waals surface area contributed by atoms with E-state index in [2.05, 4.69) is 10.6 Å². The molecule has 0 radical (unpaired) electrons. The van der Waals surface area contributed by atoms with Crippen LogP contribution >= 0.6 is 0 Å². The molecule has 1 aliphatic rings. The van der Waals surface area contributed by atoms with E-state index in [1.165, 1.54) is 39.0 Å². The van der Waals surface area contributed by atoms with Gasteiger partial charge in [-0.3, -0.25) is 4.79 Å². The SMILES string of the molecule is CC(=O)c1ccc(NC(=O)NCC2CCCCC2)cc1. The van der Waals surface area contributed by atoms with Crippen LogP contribution in [-0.4, -0.2) is 18.4 Å². The smallest absolute Gasteiger partial charge is 0.319 e. The fraction of sp³-hybridized carbons (Fsp3) is 0.500. The van der Waals surface area contributed by atoms with Crippen LogP contribution in [0, 0.1) is 5.92 Å². The highest BCUT2D eigenvalue weighted by Crippen LogP contribution is 2.22. The Kier molecular flexibility index (Phi) is 5.16. The molecule has 0 aromatic heterocycles. The highest BCUT2D eigenvalue weighted by molar-refractivity contribution is 5.95. The van der Waals surface area contributed by atoms with Crippen LogP contribution in [0.15, 0.2) is 24.3 Å². The van der Waals surface area contributed by atoms with E-state index in [9.17, 15) is 9.59 Å². The number of rotatable bonds is 4. The average molecular weight is 274 g/mol. The average Bonchev–Trinajstić information content (AvgIpc) is 2.47. The van der Waals surface area contributed by atoms with Crippen LogP contribution in [0.1, 0.15) is 49.4 Å². The molecule has 0 heterocycles. The Balaban J connectivity index is 1.77. The molecule has 2 amide bonds. The molecule has 1 aromatic carbocycles. The van der Waals surface area contributed by atoms with Gasteiger partial charge in [0.2, 0.25) is 0 Å². The van der Waals surface area contributed by atoms with Crippen molar-refractivity contribution in [2.45, 2.75) is 39.0 Å². The third-order valence-electron chi connectivity index (χ3n) is 3.83. The van der Waals surface area contributed by atoms with Gasteiger partial charge in [-0.05, 0) is 49.9 Å². The van der Waals surface area contributed by atoms with E-state index < -0.39 is 0 Å². The Labute approximate surface area is 119 Å². The van der Waals surface area contributed by atoms with Crippen molar-refractivity contribution >= 4 is 17.5 Å². The van der Waals surface area contributed by atoms with Gasteiger partial charge in [-0.2, -0.15) is 0 Å². The van der Waals surface area contributed by atoms with Crippen LogP contribution in [0.25, 0.3) is 0 Å². The van der Waals surface area contributed by atoms with E-state index in [0.717, 1.165) is 6.54 Å². The molecular weight excluding hydrogens is 252 g/mol. The van der Waals surface area contributed by atoms with E-state index in [1.54, 1.807) is 24.3 Å². The van der Waals surface area contributed by atoms with Crippen LogP contribution in [-0.2, 0) is 0 Å². The monoisotopic (exact) mass is 274 g/mol. The quantitative estimate of drug-likeness (QED) is 0.824. The van der Waals surface area contributed by atoms with Gasteiger partial charge < -0.3 is 10.6 Å². The van der Waals surface area contributed by atoms with E-state index in [-0.39, 0.29) is 11.8 Å². The maximum Gasteiger partial charge on any atom is 0.319 e. The summed E-state index contributed by atoms with van der Waals surface area (Å²) in [4.78, 5) is 22.9. The highest BCUT2D eigenvalue weighted by atomic mass is 16.2. The summed E-state index contributed by atoms with van der Waals surface area (Å²) in [5.41, 5.74) is 1.36. The standard InChI is InChI=1S/C16H22N2O2/c1-12(19)14-7-9-15(10-8-14)18-16(20)17-11-13-5-3-2-4-6-13/h7-10,13H,2-6,11H2,1H3,(H2,17,18,20). The fourth-order valence-electron chi connectivity index (χ4n) is 2.59. The zero-order chi connectivity index (χ0) is 14.4. The maximum atomic E-state index is 11.8. The third-order valence-corrected chi connectivity index (χ3v) is 3.83. The van der Waals surface area contributed by atoms with Gasteiger partial charge in [-0.1, -0.05) is 19.3 Å². The van der Waals surface area contributed by atoms with Gasteiger partial charge in [-0.15, -0.1) is 0 Å². The van der Waals surface area contributed by atoms with Crippen molar-refractivity contribution < 1.29 is 9.59 Å². The van der Waals surface area contributed by atoms with Crippen LogP contribution in [0.3, 0.4) is 0 Å². The first-order valence-electron chi connectivity index (χ1n) is 7.31. The number of urea groups is 1. The number of anilines is 1. The Bertz CT molecular complexity index is 462. The second kappa shape index (κ2) is 7.08.